The van der Waals surface area contributed by atoms with Gasteiger partial charge in [-0.1, -0.05) is 13.8 Å². The van der Waals surface area contributed by atoms with Crippen molar-refractivity contribution < 1.29 is 12.8 Å². The molecule has 1 saturated carbocycles. The first kappa shape index (κ1) is 16.5. The molecule has 0 saturated heterocycles. The Morgan fingerprint density at radius 2 is 2.00 bits per heavy atom. The largest absolute Gasteiger partial charge is 0.447 e. The van der Waals surface area contributed by atoms with Crippen molar-refractivity contribution in [3.63, 3.8) is 0 Å². The van der Waals surface area contributed by atoms with Crippen LogP contribution in [-0.4, -0.2) is 32.4 Å². The van der Waals surface area contributed by atoms with E-state index in [2.05, 4.69) is 19.2 Å². The van der Waals surface area contributed by atoms with Crippen LogP contribution >= 0.6 is 0 Å². The standard InChI is InChI=1S/C15H26N2O3S/c1-11(2)9-16-10-14-7-8-15(20-14)21(18,19)17(4)12(3)13-5-6-13/h7-8,11-13,16H,5-6,9-10H2,1-4H3. The number of hydrogen-bond donors (Lipinski definition) is 1. The third-order valence-electron chi connectivity index (χ3n) is 4.00. The van der Waals surface area contributed by atoms with Gasteiger partial charge in [0.25, 0.3) is 10.0 Å². The van der Waals surface area contributed by atoms with E-state index in [0.29, 0.717) is 24.1 Å². The number of sulfonamides is 1. The van der Waals surface area contributed by atoms with E-state index in [4.69, 9.17) is 4.42 Å². The Kier molecular flexibility index (Phi) is 5.11. The molecule has 0 amide bonds. The number of nitrogens with zero attached hydrogens (tertiary/aromatic N) is 1. The maximum atomic E-state index is 12.5. The van der Waals surface area contributed by atoms with Gasteiger partial charge in [-0.3, -0.25) is 0 Å². The van der Waals surface area contributed by atoms with E-state index >= 15 is 0 Å². The summed E-state index contributed by atoms with van der Waals surface area (Å²) >= 11 is 0. The monoisotopic (exact) mass is 314 g/mol. The van der Waals surface area contributed by atoms with Crippen LogP contribution in [0.2, 0.25) is 0 Å². The summed E-state index contributed by atoms with van der Waals surface area (Å²) in [6.07, 6.45) is 2.23. The second kappa shape index (κ2) is 6.50. The van der Waals surface area contributed by atoms with E-state index in [1.54, 1.807) is 19.2 Å². The Hall–Kier alpha value is -0.850. The van der Waals surface area contributed by atoms with Crippen LogP contribution in [0.3, 0.4) is 0 Å². The summed E-state index contributed by atoms with van der Waals surface area (Å²) < 4.78 is 32.0. The SMILES string of the molecule is CC(C)CNCc1ccc(S(=O)(=O)N(C)C(C)C2CC2)o1. The van der Waals surface area contributed by atoms with Gasteiger partial charge in [-0.2, -0.15) is 4.31 Å². The van der Waals surface area contributed by atoms with Crippen molar-refractivity contribution in [2.24, 2.45) is 11.8 Å². The van der Waals surface area contributed by atoms with Crippen molar-refractivity contribution in [2.75, 3.05) is 13.6 Å². The van der Waals surface area contributed by atoms with Crippen LogP contribution in [0.25, 0.3) is 0 Å². The Morgan fingerprint density at radius 1 is 1.33 bits per heavy atom. The molecule has 0 aliphatic heterocycles. The molecule has 21 heavy (non-hydrogen) atoms. The minimum absolute atomic E-state index is 0.0302. The van der Waals surface area contributed by atoms with E-state index in [-0.39, 0.29) is 11.1 Å². The van der Waals surface area contributed by atoms with E-state index < -0.39 is 10.0 Å². The van der Waals surface area contributed by atoms with E-state index in [0.717, 1.165) is 19.4 Å². The molecule has 0 spiro atoms. The van der Waals surface area contributed by atoms with Gasteiger partial charge in [-0.25, -0.2) is 8.42 Å². The molecule has 1 fully saturated rings. The normalized spacial score (nSPS) is 17.6. The molecule has 1 unspecified atom stereocenters. The third-order valence-corrected chi connectivity index (χ3v) is 5.82. The highest BCUT2D eigenvalue weighted by Crippen LogP contribution is 2.36. The molecule has 2 rings (SSSR count). The molecule has 0 radical (unpaired) electrons. The lowest BCUT2D eigenvalue weighted by Crippen LogP contribution is -2.36. The predicted molar refractivity (Wildman–Crippen MR) is 82.4 cm³/mol. The summed E-state index contributed by atoms with van der Waals surface area (Å²) in [5, 5.41) is 3.28. The highest BCUT2D eigenvalue weighted by Gasteiger charge is 2.37. The highest BCUT2D eigenvalue weighted by atomic mass is 32.2. The summed E-state index contributed by atoms with van der Waals surface area (Å²) in [7, 11) is -1.89. The van der Waals surface area contributed by atoms with Gasteiger partial charge in [-0.05, 0) is 50.3 Å². The first-order valence-electron chi connectivity index (χ1n) is 7.60. The number of rotatable bonds is 8. The van der Waals surface area contributed by atoms with Crippen LogP contribution in [0.4, 0.5) is 0 Å². The fraction of sp³-hybridized carbons (Fsp3) is 0.733. The van der Waals surface area contributed by atoms with Crippen LogP contribution in [0, 0.1) is 11.8 Å². The Bertz CT molecular complexity index is 561. The zero-order valence-corrected chi connectivity index (χ0v) is 14.1. The Morgan fingerprint density at radius 3 is 2.57 bits per heavy atom. The molecular formula is C15H26N2O3S. The third kappa shape index (κ3) is 4.08. The molecule has 1 aromatic heterocycles. The van der Waals surface area contributed by atoms with Crippen molar-refractivity contribution in [3.05, 3.63) is 17.9 Å². The van der Waals surface area contributed by atoms with Gasteiger partial charge in [0.15, 0.2) is 0 Å². The van der Waals surface area contributed by atoms with Crippen molar-refractivity contribution in [2.45, 2.75) is 51.3 Å². The van der Waals surface area contributed by atoms with Gasteiger partial charge in [0, 0.05) is 13.1 Å². The lowest BCUT2D eigenvalue weighted by atomic mass is 10.2. The first-order valence-corrected chi connectivity index (χ1v) is 9.04. The van der Waals surface area contributed by atoms with Crippen LogP contribution < -0.4 is 5.32 Å². The average molecular weight is 314 g/mol. The van der Waals surface area contributed by atoms with Crippen LogP contribution in [0.5, 0.6) is 0 Å². The molecule has 1 aliphatic carbocycles. The number of nitrogens with one attached hydrogen (secondary N) is 1. The van der Waals surface area contributed by atoms with Gasteiger partial charge >= 0.3 is 0 Å². The molecule has 0 bridgehead atoms. The smallest absolute Gasteiger partial charge is 0.276 e. The van der Waals surface area contributed by atoms with Gasteiger partial charge in [0.05, 0.1) is 6.54 Å². The van der Waals surface area contributed by atoms with E-state index in [1.165, 1.54) is 4.31 Å². The maximum absolute atomic E-state index is 12.5. The van der Waals surface area contributed by atoms with Crippen molar-refractivity contribution >= 4 is 10.0 Å². The van der Waals surface area contributed by atoms with Crippen LogP contribution in [0.1, 0.15) is 39.4 Å². The lowest BCUT2D eigenvalue weighted by molar-refractivity contribution is 0.333. The first-order chi connectivity index (χ1) is 9.82. The minimum Gasteiger partial charge on any atom is -0.447 e. The highest BCUT2D eigenvalue weighted by molar-refractivity contribution is 7.89. The van der Waals surface area contributed by atoms with Crippen LogP contribution in [0.15, 0.2) is 21.6 Å². The Labute approximate surface area is 127 Å². The zero-order valence-electron chi connectivity index (χ0n) is 13.3. The molecule has 120 valence electrons. The van der Waals surface area contributed by atoms with Crippen LogP contribution in [-0.2, 0) is 16.6 Å². The summed E-state index contributed by atoms with van der Waals surface area (Å²) in [5.74, 6) is 1.70. The van der Waals surface area contributed by atoms with Gasteiger partial charge in [0.1, 0.15) is 5.76 Å². The average Bonchev–Trinajstić information content (AvgIpc) is 3.15. The summed E-state index contributed by atoms with van der Waals surface area (Å²) in [6, 6.07) is 3.32. The van der Waals surface area contributed by atoms with E-state index in [9.17, 15) is 8.42 Å². The minimum atomic E-state index is -3.52. The second-order valence-corrected chi connectivity index (χ2v) is 8.27. The molecule has 1 aromatic rings. The van der Waals surface area contributed by atoms with Gasteiger partial charge in [0.2, 0.25) is 5.09 Å². The summed E-state index contributed by atoms with van der Waals surface area (Å²) in [5.41, 5.74) is 0. The number of hydrogen-bond acceptors (Lipinski definition) is 4. The fourth-order valence-corrected chi connectivity index (χ4v) is 3.66. The van der Waals surface area contributed by atoms with Gasteiger partial charge in [-0.15, -0.1) is 0 Å². The zero-order chi connectivity index (χ0) is 15.6. The van der Waals surface area contributed by atoms with Gasteiger partial charge < -0.3 is 9.73 Å². The van der Waals surface area contributed by atoms with Crippen molar-refractivity contribution in [1.29, 1.82) is 0 Å². The van der Waals surface area contributed by atoms with Crippen molar-refractivity contribution in [3.8, 4) is 0 Å². The molecule has 1 aliphatic rings. The lowest BCUT2D eigenvalue weighted by Gasteiger charge is -2.22. The summed E-state index contributed by atoms with van der Waals surface area (Å²) in [6.45, 7) is 7.64. The molecular weight excluding hydrogens is 288 g/mol. The fourth-order valence-electron chi connectivity index (χ4n) is 2.31. The molecule has 0 aromatic carbocycles. The second-order valence-electron chi connectivity index (χ2n) is 6.34. The topological polar surface area (TPSA) is 62.6 Å². The Balaban J connectivity index is 2.01. The predicted octanol–water partition coefficient (Wildman–Crippen LogP) is 2.44. The molecule has 1 heterocycles. The maximum Gasteiger partial charge on any atom is 0.276 e. The molecule has 1 atom stereocenters. The van der Waals surface area contributed by atoms with Crippen molar-refractivity contribution in [1.82, 2.24) is 9.62 Å². The number of furan rings is 1. The molecule has 5 nitrogen and oxygen atoms in total. The molecule has 1 N–H and O–H groups in total. The summed E-state index contributed by atoms with van der Waals surface area (Å²) in [4.78, 5) is 0. The molecule has 6 heteroatoms. The quantitative estimate of drug-likeness (QED) is 0.800. The van der Waals surface area contributed by atoms with E-state index in [1.807, 2.05) is 6.92 Å².